The van der Waals surface area contributed by atoms with Gasteiger partial charge in [0.05, 0.1) is 56.4 Å². The van der Waals surface area contributed by atoms with Crippen LogP contribution in [0.2, 0.25) is 0 Å². The number of carbonyl (C=O) groups excluding carboxylic acids is 2. The maximum Gasteiger partial charge on any atom is 0.323 e. The average molecular weight is 629 g/mol. The number of fused-ring (bicyclic) bond motifs is 2. The molecule has 7 rings (SSSR count). The first-order valence-corrected chi connectivity index (χ1v) is 16.0. The lowest BCUT2D eigenvalue weighted by Crippen LogP contribution is -2.48. The Balaban J connectivity index is 1.03. The number of urea groups is 1. The van der Waals surface area contributed by atoms with E-state index in [-0.39, 0.29) is 24.0 Å². The van der Waals surface area contributed by atoms with E-state index >= 15 is 0 Å². The quantitative estimate of drug-likeness (QED) is 0.416. The molecule has 4 saturated heterocycles. The van der Waals surface area contributed by atoms with Gasteiger partial charge in [-0.3, -0.25) is 4.79 Å². The zero-order valence-electron chi connectivity index (χ0n) is 26.3. The van der Waals surface area contributed by atoms with Crippen molar-refractivity contribution in [3.8, 4) is 11.4 Å². The lowest BCUT2D eigenvalue weighted by molar-refractivity contribution is 0.0658. The van der Waals surface area contributed by atoms with Crippen molar-refractivity contribution in [2.45, 2.75) is 37.9 Å². The predicted octanol–water partition coefficient (Wildman–Crippen LogP) is 2.56. The number of hydrogen-bond donors (Lipinski definition) is 2. The maximum atomic E-state index is 12.8. The number of aromatic nitrogens is 4. The molecule has 4 fully saturated rings. The number of likely N-dealkylation sites (N-methyl/N-ethyl adjacent to an activating group) is 1. The standard InChI is InChI=1S/C32H40N10O4/c1-21-18-45-16-15-41(21)30-36-28(37-31(38-30)42-25-8-9-26(42)20-46-19-25)22-3-5-23(6-4-22)34-32(44)35-24-7-10-27(33-17-24)29(43)40-13-11-39(2)12-14-40/h3-7,10,17,21,25-26H,8-9,11-16,18-20H2,1-2H3,(H2,34,35,44). The van der Waals surface area contributed by atoms with Gasteiger partial charge in [0.15, 0.2) is 5.82 Å². The Kier molecular flexibility index (Phi) is 8.65. The number of nitrogens with zero attached hydrogens (tertiary/aromatic N) is 8. The number of ether oxygens (including phenoxy) is 2. The van der Waals surface area contributed by atoms with Crippen molar-refractivity contribution in [2.24, 2.45) is 0 Å². The van der Waals surface area contributed by atoms with Crippen LogP contribution in [0.1, 0.15) is 30.3 Å². The summed E-state index contributed by atoms with van der Waals surface area (Å²) >= 11 is 0. The number of piperazine rings is 1. The number of anilines is 4. The minimum Gasteiger partial charge on any atom is -0.377 e. The molecule has 3 amide bonds. The van der Waals surface area contributed by atoms with Crippen LogP contribution in [0.3, 0.4) is 0 Å². The molecule has 14 nitrogen and oxygen atoms in total. The summed E-state index contributed by atoms with van der Waals surface area (Å²) in [6, 6.07) is 11.0. The molecule has 3 unspecified atom stereocenters. The highest BCUT2D eigenvalue weighted by Crippen LogP contribution is 2.34. The third kappa shape index (κ3) is 6.46. The van der Waals surface area contributed by atoms with Crippen molar-refractivity contribution in [3.05, 3.63) is 48.3 Å². The Labute approximate surface area is 268 Å². The average Bonchev–Trinajstić information content (AvgIpc) is 3.33. The Morgan fingerprint density at radius 1 is 0.804 bits per heavy atom. The van der Waals surface area contributed by atoms with E-state index in [4.69, 9.17) is 24.4 Å². The maximum absolute atomic E-state index is 12.8. The summed E-state index contributed by atoms with van der Waals surface area (Å²) in [6.07, 6.45) is 3.62. The topological polar surface area (TPSA) is 141 Å². The fourth-order valence-corrected chi connectivity index (χ4v) is 6.47. The zero-order valence-corrected chi connectivity index (χ0v) is 26.3. The molecular weight excluding hydrogens is 588 g/mol. The van der Waals surface area contributed by atoms with E-state index in [0.717, 1.165) is 31.5 Å². The van der Waals surface area contributed by atoms with Gasteiger partial charge in [-0.25, -0.2) is 9.78 Å². The van der Waals surface area contributed by atoms with Crippen LogP contribution in [0.15, 0.2) is 42.6 Å². The summed E-state index contributed by atoms with van der Waals surface area (Å²) in [5, 5.41) is 5.64. The lowest BCUT2D eigenvalue weighted by Gasteiger charge is -2.36. The molecule has 2 aromatic heterocycles. The predicted molar refractivity (Wildman–Crippen MR) is 173 cm³/mol. The van der Waals surface area contributed by atoms with Crippen LogP contribution in [0.5, 0.6) is 0 Å². The van der Waals surface area contributed by atoms with Crippen molar-refractivity contribution < 1.29 is 19.1 Å². The van der Waals surface area contributed by atoms with Gasteiger partial charge in [-0.1, -0.05) is 0 Å². The summed E-state index contributed by atoms with van der Waals surface area (Å²) in [5.41, 5.74) is 2.28. The molecule has 46 heavy (non-hydrogen) atoms. The first-order valence-electron chi connectivity index (χ1n) is 16.0. The lowest BCUT2D eigenvalue weighted by atomic mass is 10.2. The highest BCUT2D eigenvalue weighted by atomic mass is 16.5. The van der Waals surface area contributed by atoms with Crippen molar-refractivity contribution in [3.63, 3.8) is 0 Å². The summed E-state index contributed by atoms with van der Waals surface area (Å²) in [7, 11) is 2.04. The summed E-state index contributed by atoms with van der Waals surface area (Å²) in [5.74, 6) is 1.81. The van der Waals surface area contributed by atoms with Crippen molar-refractivity contribution in [1.29, 1.82) is 0 Å². The molecule has 3 atom stereocenters. The monoisotopic (exact) mass is 628 g/mol. The molecule has 0 radical (unpaired) electrons. The van der Waals surface area contributed by atoms with Gasteiger partial charge in [-0.15, -0.1) is 0 Å². The Morgan fingerprint density at radius 3 is 2.20 bits per heavy atom. The van der Waals surface area contributed by atoms with Crippen LogP contribution in [-0.2, 0) is 9.47 Å². The minimum atomic E-state index is -0.415. The highest BCUT2D eigenvalue weighted by molar-refractivity contribution is 6.00. The number of hydrogen-bond acceptors (Lipinski definition) is 11. The van der Waals surface area contributed by atoms with Gasteiger partial charge in [-0.05, 0) is 63.2 Å². The van der Waals surface area contributed by atoms with E-state index in [1.54, 1.807) is 17.0 Å². The van der Waals surface area contributed by atoms with Gasteiger partial charge in [-0.2, -0.15) is 15.0 Å². The second kappa shape index (κ2) is 13.1. The Bertz CT molecular complexity index is 1530. The van der Waals surface area contributed by atoms with Gasteiger partial charge in [0.25, 0.3) is 5.91 Å². The minimum absolute atomic E-state index is 0.0987. The van der Waals surface area contributed by atoms with Gasteiger partial charge in [0.1, 0.15) is 5.69 Å². The summed E-state index contributed by atoms with van der Waals surface area (Å²) in [4.78, 5) is 53.1. The molecule has 242 valence electrons. The van der Waals surface area contributed by atoms with Crippen molar-refractivity contribution >= 4 is 35.2 Å². The SMILES string of the molecule is CC1COCCN1c1nc(-c2ccc(NC(=O)Nc3ccc(C(=O)N4CCN(C)CC4)nc3)cc2)nc(N2C3CCC2COC3)n1. The second-order valence-corrected chi connectivity index (χ2v) is 12.4. The Morgan fingerprint density at radius 2 is 1.50 bits per heavy atom. The van der Waals surface area contributed by atoms with Crippen LogP contribution >= 0.6 is 0 Å². The van der Waals surface area contributed by atoms with Gasteiger partial charge < -0.3 is 39.7 Å². The number of pyridine rings is 1. The molecule has 0 aliphatic carbocycles. The largest absolute Gasteiger partial charge is 0.377 e. The van der Waals surface area contributed by atoms with Gasteiger partial charge in [0, 0.05) is 44.0 Å². The van der Waals surface area contributed by atoms with Crippen LogP contribution in [0, 0.1) is 0 Å². The van der Waals surface area contributed by atoms with Crippen molar-refractivity contribution in [1.82, 2.24) is 29.7 Å². The van der Waals surface area contributed by atoms with E-state index in [2.05, 4.69) is 37.2 Å². The van der Waals surface area contributed by atoms with E-state index < -0.39 is 6.03 Å². The molecule has 0 spiro atoms. The molecular formula is C32H40N10O4. The molecule has 6 heterocycles. The molecule has 4 aliphatic heterocycles. The van der Waals surface area contributed by atoms with E-state index in [1.165, 1.54) is 6.20 Å². The van der Waals surface area contributed by atoms with Gasteiger partial charge >= 0.3 is 6.03 Å². The number of benzene rings is 1. The van der Waals surface area contributed by atoms with Crippen molar-refractivity contribution in [2.75, 3.05) is 86.6 Å². The molecule has 2 N–H and O–H groups in total. The molecule has 4 aliphatic rings. The summed E-state index contributed by atoms with van der Waals surface area (Å²) < 4.78 is 11.5. The normalized spacial score (nSPS) is 23.3. The van der Waals surface area contributed by atoms with Crippen LogP contribution in [0.4, 0.5) is 28.1 Å². The van der Waals surface area contributed by atoms with E-state index in [9.17, 15) is 9.59 Å². The highest BCUT2D eigenvalue weighted by Gasteiger charge is 2.40. The smallest absolute Gasteiger partial charge is 0.323 e. The zero-order chi connectivity index (χ0) is 31.6. The second-order valence-electron chi connectivity index (χ2n) is 12.4. The third-order valence-electron chi connectivity index (χ3n) is 9.14. The van der Waals surface area contributed by atoms with Gasteiger partial charge in [0.2, 0.25) is 11.9 Å². The molecule has 14 heteroatoms. The fourth-order valence-electron chi connectivity index (χ4n) is 6.47. The number of nitrogens with one attached hydrogen (secondary N) is 2. The first kappa shape index (κ1) is 30.3. The van der Waals surface area contributed by atoms with E-state index in [0.29, 0.717) is 80.9 Å². The third-order valence-corrected chi connectivity index (χ3v) is 9.14. The molecule has 0 saturated carbocycles. The first-order chi connectivity index (χ1) is 22.4. The summed E-state index contributed by atoms with van der Waals surface area (Å²) in [6.45, 7) is 8.47. The molecule has 3 aromatic rings. The Hall–Kier alpha value is -4.40. The molecule has 2 bridgehead atoms. The van der Waals surface area contributed by atoms with Crippen LogP contribution in [-0.4, -0.2) is 126 Å². The number of carbonyl (C=O) groups is 2. The molecule has 1 aromatic carbocycles. The number of amides is 3. The van der Waals surface area contributed by atoms with Crippen LogP contribution in [0.25, 0.3) is 11.4 Å². The van der Waals surface area contributed by atoms with E-state index in [1.807, 2.05) is 31.3 Å². The van der Waals surface area contributed by atoms with Crippen LogP contribution < -0.4 is 20.4 Å². The fraction of sp³-hybridized carbons (Fsp3) is 0.500. The number of rotatable bonds is 6. The number of morpholine rings is 2.